The van der Waals surface area contributed by atoms with Gasteiger partial charge in [-0.15, -0.1) is 0 Å². The molecule has 0 unspecified atom stereocenters. The molecule has 3 N–H and O–H groups in total. The number of nitrogens with zero attached hydrogens (tertiary/aromatic N) is 1. The number of hydrogen-bond acceptors (Lipinski definition) is 8. The number of thiocarbonyl (C=S) groups is 1. The zero-order valence-electron chi connectivity index (χ0n) is 24.5. The number of rotatable bonds is 13. The molecule has 0 aromatic heterocycles. The molecule has 230 valence electrons. The summed E-state index contributed by atoms with van der Waals surface area (Å²) in [5.41, 5.74) is 5.66. The van der Waals surface area contributed by atoms with E-state index in [4.69, 9.17) is 42.8 Å². The molecule has 10 nitrogen and oxygen atoms in total. The van der Waals surface area contributed by atoms with E-state index in [1.807, 2.05) is 31.2 Å². The van der Waals surface area contributed by atoms with Gasteiger partial charge in [0.25, 0.3) is 5.91 Å². The number of benzene rings is 3. The van der Waals surface area contributed by atoms with Crippen molar-refractivity contribution in [3.8, 4) is 17.2 Å². The van der Waals surface area contributed by atoms with E-state index in [0.717, 1.165) is 5.56 Å². The Morgan fingerprint density at radius 1 is 0.977 bits per heavy atom. The summed E-state index contributed by atoms with van der Waals surface area (Å²) in [6.45, 7) is 6.04. The van der Waals surface area contributed by atoms with Crippen LogP contribution in [0.25, 0.3) is 0 Å². The topological polar surface area (TPSA) is 120 Å². The SMILES string of the molecule is CCOC(=O)C1=C(C)NC(=S)N[C@@H]1c1ccccc1OCC(=O)NN=Cc1ccc(OCc2cccc(Cl)c2)c(OCC)c1. The molecule has 3 aromatic rings. The van der Waals surface area contributed by atoms with Crippen LogP contribution in [0.3, 0.4) is 0 Å². The summed E-state index contributed by atoms with van der Waals surface area (Å²) in [6, 6.07) is 19.2. The van der Waals surface area contributed by atoms with Gasteiger partial charge >= 0.3 is 5.97 Å². The van der Waals surface area contributed by atoms with Crippen LogP contribution in [-0.2, 0) is 20.9 Å². The van der Waals surface area contributed by atoms with Crippen molar-refractivity contribution >= 4 is 47.0 Å². The minimum atomic E-state index is -0.628. The Hall–Kier alpha value is -4.61. The van der Waals surface area contributed by atoms with Crippen molar-refractivity contribution in [3.63, 3.8) is 0 Å². The van der Waals surface area contributed by atoms with Crippen LogP contribution in [0.2, 0.25) is 5.02 Å². The molecule has 4 rings (SSSR count). The number of para-hydroxylation sites is 1. The average molecular weight is 637 g/mol. The quantitative estimate of drug-likeness (QED) is 0.101. The maximum Gasteiger partial charge on any atom is 0.338 e. The van der Waals surface area contributed by atoms with Crippen molar-refractivity contribution in [3.05, 3.63) is 99.7 Å². The number of nitrogens with one attached hydrogen (secondary N) is 3. The maximum absolute atomic E-state index is 12.7. The third-order valence-electron chi connectivity index (χ3n) is 6.31. The molecule has 12 heteroatoms. The van der Waals surface area contributed by atoms with Gasteiger partial charge in [-0.25, -0.2) is 10.2 Å². The molecule has 1 heterocycles. The van der Waals surface area contributed by atoms with Gasteiger partial charge in [0.15, 0.2) is 23.2 Å². The van der Waals surface area contributed by atoms with Crippen molar-refractivity contribution in [1.82, 2.24) is 16.1 Å². The third-order valence-corrected chi connectivity index (χ3v) is 6.76. The number of allylic oxidation sites excluding steroid dienone is 1. The van der Waals surface area contributed by atoms with E-state index in [9.17, 15) is 9.59 Å². The van der Waals surface area contributed by atoms with Crippen LogP contribution in [-0.4, -0.2) is 43.0 Å². The Balaban J connectivity index is 1.38. The molecule has 1 atom stereocenters. The highest BCUT2D eigenvalue weighted by molar-refractivity contribution is 7.80. The zero-order chi connectivity index (χ0) is 31.5. The molecule has 0 saturated carbocycles. The maximum atomic E-state index is 12.7. The van der Waals surface area contributed by atoms with Crippen molar-refractivity contribution < 1.29 is 28.5 Å². The van der Waals surface area contributed by atoms with E-state index in [1.54, 1.807) is 56.3 Å². The largest absolute Gasteiger partial charge is 0.490 e. The number of carbonyl (C=O) groups excluding carboxylic acids is 2. The number of halogens is 1. The van der Waals surface area contributed by atoms with Crippen LogP contribution in [0, 0.1) is 0 Å². The minimum Gasteiger partial charge on any atom is -0.490 e. The van der Waals surface area contributed by atoms with Gasteiger partial charge < -0.3 is 29.6 Å². The number of hydrazone groups is 1. The summed E-state index contributed by atoms with van der Waals surface area (Å²) in [6.07, 6.45) is 1.49. The first kappa shape index (κ1) is 32.3. The molecular weight excluding hydrogens is 604 g/mol. The first-order valence-corrected chi connectivity index (χ1v) is 14.7. The van der Waals surface area contributed by atoms with Crippen LogP contribution < -0.4 is 30.3 Å². The molecule has 3 aromatic carbocycles. The van der Waals surface area contributed by atoms with E-state index in [2.05, 4.69) is 21.2 Å². The Morgan fingerprint density at radius 2 is 1.80 bits per heavy atom. The van der Waals surface area contributed by atoms with Gasteiger partial charge in [0.05, 0.1) is 31.0 Å². The Morgan fingerprint density at radius 3 is 2.57 bits per heavy atom. The normalized spacial score (nSPS) is 14.5. The second-order valence-corrected chi connectivity index (χ2v) is 10.3. The summed E-state index contributed by atoms with van der Waals surface area (Å²) >= 11 is 11.4. The highest BCUT2D eigenvalue weighted by Crippen LogP contribution is 2.34. The third kappa shape index (κ3) is 8.71. The second-order valence-electron chi connectivity index (χ2n) is 9.47. The standard InChI is InChI=1S/C32H33ClN4O6S/c1-4-40-27-16-21(13-14-26(27)42-18-22-9-8-10-23(33)15-22)17-34-37-28(38)19-43-25-12-7-6-11-24(25)30-29(31(39)41-5-2)20(3)35-32(44)36-30/h6-17,30H,4-5,18-19H2,1-3H3,(H,37,38)(H2,35,36,44)/t30-/m1/s1. The highest BCUT2D eigenvalue weighted by atomic mass is 35.5. The van der Waals surface area contributed by atoms with Crippen LogP contribution in [0.4, 0.5) is 0 Å². The van der Waals surface area contributed by atoms with Gasteiger partial charge in [0.1, 0.15) is 12.4 Å². The first-order chi connectivity index (χ1) is 21.3. The van der Waals surface area contributed by atoms with E-state index >= 15 is 0 Å². The monoisotopic (exact) mass is 636 g/mol. The van der Waals surface area contributed by atoms with E-state index in [1.165, 1.54) is 6.21 Å². The number of carbonyl (C=O) groups is 2. The fraction of sp³-hybridized carbons (Fsp3) is 0.250. The van der Waals surface area contributed by atoms with Crippen LogP contribution in [0.15, 0.2) is 83.1 Å². The summed E-state index contributed by atoms with van der Waals surface area (Å²) in [7, 11) is 0. The molecule has 1 amide bonds. The lowest BCUT2D eigenvalue weighted by atomic mass is 9.95. The fourth-order valence-electron chi connectivity index (χ4n) is 4.39. The molecule has 0 saturated heterocycles. The predicted molar refractivity (Wildman–Crippen MR) is 172 cm³/mol. The van der Waals surface area contributed by atoms with E-state index in [0.29, 0.717) is 63.0 Å². The molecule has 0 aliphatic carbocycles. The van der Waals surface area contributed by atoms with Gasteiger partial charge in [-0.1, -0.05) is 41.9 Å². The van der Waals surface area contributed by atoms with Crippen molar-refractivity contribution in [2.24, 2.45) is 5.10 Å². The second kappa shape index (κ2) is 15.7. The fourth-order valence-corrected chi connectivity index (χ4v) is 4.88. The van der Waals surface area contributed by atoms with Crippen LogP contribution >= 0.6 is 23.8 Å². The van der Waals surface area contributed by atoms with Gasteiger partial charge in [0.2, 0.25) is 0 Å². The number of ether oxygens (including phenoxy) is 4. The Bertz CT molecular complexity index is 1580. The van der Waals surface area contributed by atoms with Crippen LogP contribution in [0.5, 0.6) is 17.2 Å². The number of esters is 1. The lowest BCUT2D eigenvalue weighted by molar-refractivity contribution is -0.139. The zero-order valence-corrected chi connectivity index (χ0v) is 26.1. The van der Waals surface area contributed by atoms with Crippen molar-refractivity contribution in [2.45, 2.75) is 33.4 Å². The average Bonchev–Trinajstić information content (AvgIpc) is 2.99. The van der Waals surface area contributed by atoms with Gasteiger partial charge in [-0.2, -0.15) is 5.10 Å². The Kier molecular flexibility index (Phi) is 11.6. The lowest BCUT2D eigenvalue weighted by Crippen LogP contribution is -2.45. The predicted octanol–water partition coefficient (Wildman–Crippen LogP) is 5.20. The van der Waals surface area contributed by atoms with Crippen molar-refractivity contribution in [2.75, 3.05) is 19.8 Å². The van der Waals surface area contributed by atoms with Gasteiger partial charge in [0, 0.05) is 16.3 Å². The Labute approximate surface area is 266 Å². The molecule has 0 fully saturated rings. The minimum absolute atomic E-state index is 0.223. The molecule has 0 spiro atoms. The van der Waals surface area contributed by atoms with Gasteiger partial charge in [-0.3, -0.25) is 4.79 Å². The lowest BCUT2D eigenvalue weighted by Gasteiger charge is -2.30. The van der Waals surface area contributed by atoms with Gasteiger partial charge in [-0.05, 0) is 80.5 Å². The summed E-state index contributed by atoms with van der Waals surface area (Å²) in [4.78, 5) is 25.3. The van der Waals surface area contributed by atoms with E-state index in [-0.39, 0.29) is 13.2 Å². The molecule has 1 aliphatic rings. The molecule has 0 bridgehead atoms. The van der Waals surface area contributed by atoms with Crippen LogP contribution in [0.1, 0.15) is 43.5 Å². The number of amides is 1. The number of hydrogen-bond donors (Lipinski definition) is 3. The summed E-state index contributed by atoms with van der Waals surface area (Å²) < 4.78 is 22.8. The highest BCUT2D eigenvalue weighted by Gasteiger charge is 2.32. The first-order valence-electron chi connectivity index (χ1n) is 13.9. The smallest absolute Gasteiger partial charge is 0.338 e. The summed E-state index contributed by atoms with van der Waals surface area (Å²) in [5.74, 6) is 0.557. The van der Waals surface area contributed by atoms with Crippen molar-refractivity contribution in [1.29, 1.82) is 0 Å². The molecule has 0 radical (unpaired) electrons. The molecule has 1 aliphatic heterocycles. The van der Waals surface area contributed by atoms with E-state index < -0.39 is 17.9 Å². The summed E-state index contributed by atoms with van der Waals surface area (Å²) in [5, 5.41) is 11.1. The molecule has 44 heavy (non-hydrogen) atoms. The molecular formula is C32H33ClN4O6S.